The molecule has 2 atom stereocenters. The van der Waals surface area contributed by atoms with Crippen LogP contribution in [-0.2, 0) is 14.6 Å². The highest BCUT2D eigenvalue weighted by Crippen LogP contribution is 2.14. The molecule has 5 nitrogen and oxygen atoms in total. The lowest BCUT2D eigenvalue weighted by atomic mass is 9.98. The van der Waals surface area contributed by atoms with Crippen molar-refractivity contribution in [3.8, 4) is 0 Å². The minimum absolute atomic E-state index is 0.00393. The summed E-state index contributed by atoms with van der Waals surface area (Å²) in [5.41, 5.74) is 0. The first-order chi connectivity index (χ1) is 7.81. The molecular formula is C11H22N2O3S. The Hall–Kier alpha value is -0.620. The van der Waals surface area contributed by atoms with Gasteiger partial charge in [-0.15, -0.1) is 0 Å². The summed E-state index contributed by atoms with van der Waals surface area (Å²) in [6, 6.07) is -0.264. The molecular weight excluding hydrogens is 240 g/mol. The molecule has 1 saturated heterocycles. The van der Waals surface area contributed by atoms with E-state index >= 15 is 0 Å². The summed E-state index contributed by atoms with van der Waals surface area (Å²) in [5.74, 6) is 0.0687. The molecule has 1 aliphatic heterocycles. The van der Waals surface area contributed by atoms with Crippen LogP contribution in [0.25, 0.3) is 0 Å². The van der Waals surface area contributed by atoms with E-state index in [0.717, 1.165) is 19.4 Å². The van der Waals surface area contributed by atoms with Crippen molar-refractivity contribution in [1.29, 1.82) is 0 Å². The third kappa shape index (κ3) is 4.63. The van der Waals surface area contributed by atoms with Crippen LogP contribution in [0.2, 0.25) is 0 Å². The minimum atomic E-state index is -3.04. The average Bonchev–Trinajstić information content (AvgIpc) is 2.26. The van der Waals surface area contributed by atoms with Crippen LogP contribution in [0.3, 0.4) is 0 Å². The van der Waals surface area contributed by atoms with Gasteiger partial charge in [0.2, 0.25) is 5.91 Å². The summed E-state index contributed by atoms with van der Waals surface area (Å²) in [6.45, 7) is 3.44. The monoisotopic (exact) mass is 262 g/mol. The Kier molecular flexibility index (Phi) is 4.94. The van der Waals surface area contributed by atoms with E-state index in [4.69, 9.17) is 0 Å². The molecule has 1 fully saturated rings. The zero-order valence-electron chi connectivity index (χ0n) is 10.8. The molecule has 6 heteroatoms. The Labute approximate surface area is 103 Å². The summed E-state index contributed by atoms with van der Waals surface area (Å²) in [6.07, 6.45) is 3.09. The molecule has 1 amide bonds. The van der Waals surface area contributed by atoms with E-state index < -0.39 is 9.84 Å². The van der Waals surface area contributed by atoms with Crippen molar-refractivity contribution in [3.63, 3.8) is 0 Å². The van der Waals surface area contributed by atoms with Crippen molar-refractivity contribution in [2.24, 2.45) is 5.92 Å². The van der Waals surface area contributed by atoms with Crippen molar-refractivity contribution in [2.75, 3.05) is 32.1 Å². The van der Waals surface area contributed by atoms with Gasteiger partial charge in [-0.2, -0.15) is 0 Å². The van der Waals surface area contributed by atoms with E-state index in [1.165, 1.54) is 6.26 Å². The number of hydrogen-bond acceptors (Lipinski definition) is 4. The number of sulfone groups is 1. The zero-order valence-corrected chi connectivity index (χ0v) is 11.6. The maximum atomic E-state index is 12.1. The summed E-state index contributed by atoms with van der Waals surface area (Å²) >= 11 is 0. The highest BCUT2D eigenvalue weighted by atomic mass is 32.2. The molecule has 1 aliphatic rings. The van der Waals surface area contributed by atoms with E-state index in [2.05, 4.69) is 5.32 Å². The van der Waals surface area contributed by atoms with Gasteiger partial charge in [0.05, 0.1) is 11.7 Å². The van der Waals surface area contributed by atoms with E-state index in [-0.39, 0.29) is 23.6 Å². The number of rotatable bonds is 4. The normalized spacial score (nSPS) is 23.1. The molecule has 0 unspecified atom stereocenters. The van der Waals surface area contributed by atoms with Gasteiger partial charge in [-0.05, 0) is 26.3 Å². The number of piperidine rings is 1. The summed E-state index contributed by atoms with van der Waals surface area (Å²) in [4.78, 5) is 13.7. The van der Waals surface area contributed by atoms with Crippen molar-refractivity contribution in [1.82, 2.24) is 10.2 Å². The Bertz CT molecular complexity index is 361. The van der Waals surface area contributed by atoms with Crippen LogP contribution in [0.4, 0.5) is 0 Å². The summed E-state index contributed by atoms with van der Waals surface area (Å²) in [5, 5.41) is 3.19. The van der Waals surface area contributed by atoms with Gasteiger partial charge in [-0.25, -0.2) is 8.42 Å². The third-order valence-corrected chi connectivity index (χ3v) is 4.29. The van der Waals surface area contributed by atoms with Crippen LogP contribution in [0.5, 0.6) is 0 Å². The molecule has 0 aliphatic carbocycles. The molecule has 1 N–H and O–H groups in total. The van der Waals surface area contributed by atoms with Gasteiger partial charge >= 0.3 is 0 Å². The number of hydrogen-bond donors (Lipinski definition) is 1. The van der Waals surface area contributed by atoms with Gasteiger partial charge in [-0.3, -0.25) is 4.79 Å². The number of nitrogens with zero attached hydrogens (tertiary/aromatic N) is 1. The first-order valence-electron chi connectivity index (χ1n) is 5.96. The minimum Gasteiger partial charge on any atom is -0.342 e. The maximum Gasteiger partial charge on any atom is 0.226 e. The Morgan fingerprint density at radius 1 is 1.53 bits per heavy atom. The SMILES string of the molecule is C[C@H](CS(C)(=O)=O)N(C)C(=O)[C@@H]1CCCNC1. The van der Waals surface area contributed by atoms with E-state index in [0.29, 0.717) is 6.54 Å². The van der Waals surface area contributed by atoms with Crippen LogP contribution in [0, 0.1) is 5.92 Å². The van der Waals surface area contributed by atoms with Gasteiger partial charge in [-0.1, -0.05) is 0 Å². The first-order valence-corrected chi connectivity index (χ1v) is 8.02. The Morgan fingerprint density at radius 2 is 2.18 bits per heavy atom. The van der Waals surface area contributed by atoms with Gasteiger partial charge in [0, 0.05) is 25.9 Å². The first kappa shape index (κ1) is 14.4. The van der Waals surface area contributed by atoms with E-state index in [9.17, 15) is 13.2 Å². The molecule has 1 rings (SSSR count). The largest absolute Gasteiger partial charge is 0.342 e. The predicted molar refractivity (Wildman–Crippen MR) is 67.5 cm³/mol. The molecule has 0 spiro atoms. The standard InChI is InChI=1S/C11H22N2O3S/c1-9(8-17(3,15)16)13(2)11(14)10-5-4-6-12-7-10/h9-10,12H,4-8H2,1-3H3/t9-,10-/m1/s1. The molecule has 0 aromatic rings. The van der Waals surface area contributed by atoms with Gasteiger partial charge in [0.15, 0.2) is 0 Å². The molecule has 100 valence electrons. The van der Waals surface area contributed by atoms with Crippen molar-refractivity contribution in [3.05, 3.63) is 0 Å². The van der Waals surface area contributed by atoms with Crippen LogP contribution in [0.15, 0.2) is 0 Å². The van der Waals surface area contributed by atoms with E-state index in [1.54, 1.807) is 18.9 Å². The molecule has 0 saturated carbocycles. The van der Waals surface area contributed by atoms with Crippen molar-refractivity contribution in [2.45, 2.75) is 25.8 Å². The fourth-order valence-corrected chi connectivity index (χ4v) is 3.22. The second-order valence-corrected chi connectivity index (χ2v) is 7.12. The average molecular weight is 262 g/mol. The second-order valence-electron chi connectivity index (χ2n) is 4.93. The van der Waals surface area contributed by atoms with Crippen LogP contribution in [0.1, 0.15) is 19.8 Å². The number of carbonyl (C=O) groups excluding carboxylic acids is 1. The lowest BCUT2D eigenvalue weighted by Crippen LogP contribution is -2.46. The number of amides is 1. The lowest BCUT2D eigenvalue weighted by Gasteiger charge is -2.30. The molecule has 1 heterocycles. The Balaban J connectivity index is 2.55. The van der Waals surface area contributed by atoms with Gasteiger partial charge in [0.1, 0.15) is 9.84 Å². The number of carbonyl (C=O) groups is 1. The highest BCUT2D eigenvalue weighted by Gasteiger charge is 2.27. The molecule has 0 bridgehead atoms. The second kappa shape index (κ2) is 5.82. The fourth-order valence-electron chi connectivity index (χ4n) is 2.12. The lowest BCUT2D eigenvalue weighted by molar-refractivity contribution is -0.136. The van der Waals surface area contributed by atoms with Gasteiger partial charge < -0.3 is 10.2 Å². The Morgan fingerprint density at radius 3 is 2.65 bits per heavy atom. The van der Waals surface area contributed by atoms with Crippen LogP contribution in [-0.4, -0.2) is 57.4 Å². The van der Waals surface area contributed by atoms with E-state index in [1.807, 2.05) is 0 Å². The maximum absolute atomic E-state index is 12.1. The smallest absolute Gasteiger partial charge is 0.226 e. The van der Waals surface area contributed by atoms with Crippen molar-refractivity contribution >= 4 is 15.7 Å². The molecule has 17 heavy (non-hydrogen) atoms. The molecule has 0 aromatic carbocycles. The number of nitrogens with one attached hydrogen (secondary N) is 1. The fraction of sp³-hybridized carbons (Fsp3) is 0.909. The topological polar surface area (TPSA) is 66.5 Å². The summed E-state index contributed by atoms with van der Waals surface area (Å²) < 4.78 is 22.4. The summed E-state index contributed by atoms with van der Waals surface area (Å²) in [7, 11) is -1.35. The quantitative estimate of drug-likeness (QED) is 0.767. The van der Waals surface area contributed by atoms with Crippen LogP contribution >= 0.6 is 0 Å². The van der Waals surface area contributed by atoms with Crippen LogP contribution < -0.4 is 5.32 Å². The van der Waals surface area contributed by atoms with Gasteiger partial charge in [0.25, 0.3) is 0 Å². The zero-order chi connectivity index (χ0) is 13.1. The molecule has 0 radical (unpaired) electrons. The highest BCUT2D eigenvalue weighted by molar-refractivity contribution is 7.90. The molecule has 0 aromatic heterocycles. The van der Waals surface area contributed by atoms with Crippen molar-refractivity contribution < 1.29 is 13.2 Å². The predicted octanol–water partition coefficient (Wildman–Crippen LogP) is -0.122. The third-order valence-electron chi connectivity index (χ3n) is 3.20.